The van der Waals surface area contributed by atoms with Crippen LogP contribution in [0.1, 0.15) is 4.88 Å². The second kappa shape index (κ2) is 6.62. The van der Waals surface area contributed by atoms with Gasteiger partial charge in [-0.1, -0.05) is 0 Å². The second-order valence-corrected chi connectivity index (χ2v) is 5.59. The number of nitrogens with two attached hydrogens (primary N) is 1. The Morgan fingerprint density at radius 2 is 2.19 bits per heavy atom. The molecule has 3 amide bonds. The summed E-state index contributed by atoms with van der Waals surface area (Å²) in [5.41, 5.74) is 4.79. The molecule has 0 spiro atoms. The Labute approximate surface area is 106 Å². The lowest BCUT2D eigenvalue weighted by atomic mass is 10.3. The summed E-state index contributed by atoms with van der Waals surface area (Å²) in [7, 11) is 0. The SMILES string of the molecule is NC(=O)NC(=O)CNCCc1ccc(Br)s1. The number of amides is 3. The number of primary amides is 1. The fraction of sp³-hybridized carbons (Fsp3) is 0.333. The Morgan fingerprint density at radius 1 is 1.44 bits per heavy atom. The topological polar surface area (TPSA) is 84.2 Å². The molecular weight excluding hydrogens is 294 g/mol. The predicted octanol–water partition coefficient (Wildman–Crippen LogP) is 0.838. The first kappa shape index (κ1) is 13.1. The molecule has 7 heteroatoms. The number of halogens is 1. The van der Waals surface area contributed by atoms with Crippen molar-refractivity contribution in [2.24, 2.45) is 5.73 Å². The van der Waals surface area contributed by atoms with E-state index in [0.29, 0.717) is 6.54 Å². The minimum atomic E-state index is -0.825. The van der Waals surface area contributed by atoms with E-state index in [1.165, 1.54) is 4.88 Å². The molecule has 0 saturated heterocycles. The van der Waals surface area contributed by atoms with Gasteiger partial charge in [0.2, 0.25) is 5.91 Å². The minimum Gasteiger partial charge on any atom is -0.351 e. The van der Waals surface area contributed by atoms with E-state index in [1.54, 1.807) is 11.3 Å². The zero-order valence-corrected chi connectivity index (χ0v) is 10.9. The first-order chi connectivity index (χ1) is 7.58. The monoisotopic (exact) mass is 305 g/mol. The van der Waals surface area contributed by atoms with Crippen LogP contribution in [-0.2, 0) is 11.2 Å². The summed E-state index contributed by atoms with van der Waals surface area (Å²) in [5, 5.41) is 4.90. The van der Waals surface area contributed by atoms with Gasteiger partial charge in [0.05, 0.1) is 10.3 Å². The standard InChI is InChI=1S/C9H12BrN3O2S/c10-7-2-1-6(16-7)3-4-12-5-8(14)13-9(11)15/h1-2,12H,3-5H2,(H3,11,13,14,15). The van der Waals surface area contributed by atoms with Gasteiger partial charge < -0.3 is 11.1 Å². The van der Waals surface area contributed by atoms with E-state index >= 15 is 0 Å². The maximum atomic E-state index is 11.0. The summed E-state index contributed by atoms with van der Waals surface area (Å²) in [4.78, 5) is 22.5. The maximum absolute atomic E-state index is 11.0. The van der Waals surface area contributed by atoms with Gasteiger partial charge in [0.1, 0.15) is 0 Å². The first-order valence-electron chi connectivity index (χ1n) is 4.62. The number of imide groups is 1. The number of urea groups is 1. The van der Waals surface area contributed by atoms with Gasteiger partial charge in [-0.2, -0.15) is 0 Å². The summed E-state index contributed by atoms with van der Waals surface area (Å²) >= 11 is 5.03. The molecule has 0 aliphatic heterocycles. The lowest BCUT2D eigenvalue weighted by Gasteiger charge is -2.02. The Morgan fingerprint density at radius 3 is 2.75 bits per heavy atom. The van der Waals surface area contributed by atoms with Crippen molar-refractivity contribution in [2.75, 3.05) is 13.1 Å². The quantitative estimate of drug-likeness (QED) is 0.705. The zero-order valence-electron chi connectivity index (χ0n) is 8.46. The Bertz CT molecular complexity index is 381. The van der Waals surface area contributed by atoms with E-state index in [1.807, 2.05) is 17.4 Å². The lowest BCUT2D eigenvalue weighted by molar-refractivity contribution is -0.119. The van der Waals surface area contributed by atoms with Crippen molar-refractivity contribution in [3.05, 3.63) is 20.8 Å². The molecule has 88 valence electrons. The Kier molecular flexibility index (Phi) is 5.44. The van der Waals surface area contributed by atoms with E-state index < -0.39 is 11.9 Å². The molecule has 0 atom stereocenters. The van der Waals surface area contributed by atoms with E-state index in [2.05, 4.69) is 21.2 Å². The van der Waals surface area contributed by atoms with Crippen LogP contribution < -0.4 is 16.4 Å². The van der Waals surface area contributed by atoms with E-state index in [9.17, 15) is 9.59 Å². The average molecular weight is 306 g/mol. The lowest BCUT2D eigenvalue weighted by Crippen LogP contribution is -2.40. The highest BCUT2D eigenvalue weighted by Gasteiger charge is 2.03. The van der Waals surface area contributed by atoms with Crippen LogP contribution in [0.15, 0.2) is 15.9 Å². The van der Waals surface area contributed by atoms with Crippen LogP contribution in [0.25, 0.3) is 0 Å². The van der Waals surface area contributed by atoms with Crippen molar-refractivity contribution in [3.8, 4) is 0 Å². The van der Waals surface area contributed by atoms with E-state index in [-0.39, 0.29) is 6.54 Å². The van der Waals surface area contributed by atoms with Crippen LogP contribution in [0.2, 0.25) is 0 Å². The highest BCUT2D eigenvalue weighted by Crippen LogP contribution is 2.21. The van der Waals surface area contributed by atoms with Gasteiger partial charge in [0, 0.05) is 11.4 Å². The fourth-order valence-corrected chi connectivity index (χ4v) is 2.56. The van der Waals surface area contributed by atoms with Crippen LogP contribution in [-0.4, -0.2) is 25.0 Å². The van der Waals surface area contributed by atoms with Gasteiger partial charge in [-0.15, -0.1) is 11.3 Å². The van der Waals surface area contributed by atoms with Gasteiger partial charge in [0.25, 0.3) is 0 Å². The number of rotatable bonds is 5. The summed E-state index contributed by atoms with van der Waals surface area (Å²) in [6.07, 6.45) is 0.847. The molecular formula is C9H12BrN3O2S. The molecule has 0 aliphatic rings. The molecule has 16 heavy (non-hydrogen) atoms. The first-order valence-corrected chi connectivity index (χ1v) is 6.23. The number of carbonyl (C=O) groups is 2. The second-order valence-electron chi connectivity index (χ2n) is 3.05. The molecule has 0 aliphatic carbocycles. The maximum Gasteiger partial charge on any atom is 0.318 e. The van der Waals surface area contributed by atoms with Gasteiger partial charge in [-0.05, 0) is 34.5 Å². The van der Waals surface area contributed by atoms with E-state index in [4.69, 9.17) is 5.73 Å². The number of thiophene rings is 1. The van der Waals surface area contributed by atoms with Gasteiger partial charge in [-0.3, -0.25) is 10.1 Å². The van der Waals surface area contributed by atoms with Crippen LogP contribution in [0.4, 0.5) is 4.79 Å². The van der Waals surface area contributed by atoms with Crippen LogP contribution in [0, 0.1) is 0 Å². The third-order valence-electron chi connectivity index (χ3n) is 1.73. The third kappa shape index (κ3) is 5.24. The molecule has 1 rings (SSSR count). The molecule has 1 heterocycles. The largest absolute Gasteiger partial charge is 0.351 e. The van der Waals surface area contributed by atoms with Gasteiger partial charge in [-0.25, -0.2) is 4.79 Å². The van der Waals surface area contributed by atoms with Gasteiger partial charge in [0.15, 0.2) is 0 Å². The molecule has 0 saturated carbocycles. The molecule has 0 radical (unpaired) electrons. The molecule has 0 unspecified atom stereocenters. The minimum absolute atomic E-state index is 0.0927. The molecule has 4 N–H and O–H groups in total. The number of carbonyl (C=O) groups excluding carboxylic acids is 2. The molecule has 0 aromatic carbocycles. The molecule has 1 aromatic heterocycles. The fourth-order valence-electron chi connectivity index (χ4n) is 1.08. The summed E-state index contributed by atoms with van der Waals surface area (Å²) in [6, 6.07) is 3.19. The smallest absolute Gasteiger partial charge is 0.318 e. The highest BCUT2D eigenvalue weighted by molar-refractivity contribution is 9.11. The molecule has 0 fully saturated rings. The number of hydrogen-bond donors (Lipinski definition) is 3. The number of nitrogens with one attached hydrogen (secondary N) is 2. The van der Waals surface area contributed by atoms with Crippen molar-refractivity contribution < 1.29 is 9.59 Å². The average Bonchev–Trinajstić information content (AvgIpc) is 2.58. The zero-order chi connectivity index (χ0) is 12.0. The van der Waals surface area contributed by atoms with Crippen molar-refractivity contribution in [1.82, 2.24) is 10.6 Å². The highest BCUT2D eigenvalue weighted by atomic mass is 79.9. The van der Waals surface area contributed by atoms with Crippen molar-refractivity contribution in [1.29, 1.82) is 0 Å². The molecule has 5 nitrogen and oxygen atoms in total. The predicted molar refractivity (Wildman–Crippen MR) is 66.3 cm³/mol. The van der Waals surface area contributed by atoms with Crippen molar-refractivity contribution in [2.45, 2.75) is 6.42 Å². The van der Waals surface area contributed by atoms with Crippen LogP contribution in [0.5, 0.6) is 0 Å². The van der Waals surface area contributed by atoms with Crippen molar-refractivity contribution >= 4 is 39.2 Å². The Hall–Kier alpha value is -0.920. The summed E-state index contributed by atoms with van der Waals surface area (Å²) < 4.78 is 1.09. The third-order valence-corrected chi connectivity index (χ3v) is 3.41. The Balaban J connectivity index is 2.12. The summed E-state index contributed by atoms with van der Waals surface area (Å²) in [6.45, 7) is 0.772. The normalized spacial score (nSPS) is 10.1. The van der Waals surface area contributed by atoms with Crippen LogP contribution >= 0.6 is 27.3 Å². The van der Waals surface area contributed by atoms with E-state index in [0.717, 1.165) is 10.2 Å². The van der Waals surface area contributed by atoms with Gasteiger partial charge >= 0.3 is 6.03 Å². The molecule has 1 aromatic rings. The molecule has 0 bridgehead atoms. The number of hydrogen-bond acceptors (Lipinski definition) is 4. The van der Waals surface area contributed by atoms with Crippen molar-refractivity contribution in [3.63, 3.8) is 0 Å². The van der Waals surface area contributed by atoms with Crippen LogP contribution in [0.3, 0.4) is 0 Å². The summed E-state index contributed by atoms with van der Waals surface area (Å²) in [5.74, 6) is -0.417.